The molecule has 2 aromatic carbocycles. The molecule has 1 unspecified atom stereocenters. The first kappa shape index (κ1) is 18.6. The van der Waals surface area contributed by atoms with E-state index in [1.165, 1.54) is 0 Å². The van der Waals surface area contributed by atoms with Crippen LogP contribution in [-0.2, 0) is 0 Å². The minimum Gasteiger partial charge on any atom is -0.457 e. The van der Waals surface area contributed by atoms with Gasteiger partial charge in [-0.1, -0.05) is 38.6 Å². The van der Waals surface area contributed by atoms with E-state index in [1.54, 1.807) is 0 Å². The third kappa shape index (κ3) is 3.85. The molecule has 2 heterocycles. The van der Waals surface area contributed by atoms with Crippen molar-refractivity contribution in [2.45, 2.75) is 28.2 Å². The van der Waals surface area contributed by atoms with Gasteiger partial charge in [-0.2, -0.15) is 5.10 Å². The Balaban J connectivity index is 0.00000210. The molecule has 0 fully saturated rings. The summed E-state index contributed by atoms with van der Waals surface area (Å²) in [7, 11) is 0. The molecule has 1 aliphatic rings. The van der Waals surface area contributed by atoms with Gasteiger partial charge >= 0.3 is 0 Å². The SMILES string of the molecule is C.Cc1cc(C)n(-c2cccc(Oc3cccc(C4=NC=CC4C)c3)c2)n1. The lowest BCUT2D eigenvalue weighted by atomic mass is 10.00. The van der Waals surface area contributed by atoms with E-state index in [0.29, 0.717) is 5.92 Å². The van der Waals surface area contributed by atoms with Crippen molar-refractivity contribution in [2.75, 3.05) is 0 Å². The summed E-state index contributed by atoms with van der Waals surface area (Å²) in [4.78, 5) is 4.47. The maximum atomic E-state index is 6.11. The Labute approximate surface area is 160 Å². The highest BCUT2D eigenvalue weighted by Gasteiger charge is 2.14. The summed E-state index contributed by atoms with van der Waals surface area (Å²) in [6, 6.07) is 18.1. The zero-order valence-corrected chi connectivity index (χ0v) is 15.2. The Hall–Kier alpha value is -3.14. The Bertz CT molecular complexity index is 1010. The van der Waals surface area contributed by atoms with E-state index in [0.717, 1.165) is 39.8 Å². The van der Waals surface area contributed by atoms with Crippen LogP contribution in [0.5, 0.6) is 11.5 Å². The number of ether oxygens (including phenoxy) is 1. The number of nitrogens with zero attached hydrogens (tertiary/aromatic N) is 3. The van der Waals surface area contributed by atoms with Gasteiger partial charge in [0.05, 0.1) is 17.1 Å². The average Bonchev–Trinajstić information content (AvgIpc) is 3.20. The zero-order chi connectivity index (χ0) is 18.1. The molecule has 27 heavy (non-hydrogen) atoms. The molecule has 138 valence electrons. The van der Waals surface area contributed by atoms with Gasteiger partial charge in [0.2, 0.25) is 0 Å². The predicted molar refractivity (Wildman–Crippen MR) is 111 cm³/mol. The highest BCUT2D eigenvalue weighted by molar-refractivity contribution is 6.04. The fourth-order valence-electron chi connectivity index (χ4n) is 3.22. The lowest BCUT2D eigenvalue weighted by Crippen LogP contribution is -2.06. The van der Waals surface area contributed by atoms with Gasteiger partial charge in [0, 0.05) is 29.4 Å². The summed E-state index contributed by atoms with van der Waals surface area (Å²) >= 11 is 0. The number of benzene rings is 2. The first-order chi connectivity index (χ1) is 12.6. The average molecular weight is 359 g/mol. The largest absolute Gasteiger partial charge is 0.457 e. The van der Waals surface area contributed by atoms with Crippen molar-refractivity contribution >= 4 is 5.71 Å². The third-order valence-electron chi connectivity index (χ3n) is 4.46. The predicted octanol–water partition coefficient (Wildman–Crippen LogP) is 5.87. The van der Waals surface area contributed by atoms with Crippen molar-refractivity contribution in [1.82, 2.24) is 9.78 Å². The molecule has 1 aromatic heterocycles. The van der Waals surface area contributed by atoms with Gasteiger partial charge in [0.1, 0.15) is 11.5 Å². The van der Waals surface area contributed by atoms with Crippen LogP contribution in [0.1, 0.15) is 31.3 Å². The molecule has 0 N–H and O–H groups in total. The van der Waals surface area contributed by atoms with Crippen LogP contribution in [0.4, 0.5) is 0 Å². The van der Waals surface area contributed by atoms with Gasteiger partial charge in [-0.25, -0.2) is 4.68 Å². The maximum absolute atomic E-state index is 6.11. The van der Waals surface area contributed by atoms with Crippen molar-refractivity contribution in [3.05, 3.63) is 83.8 Å². The van der Waals surface area contributed by atoms with Gasteiger partial charge in [-0.05, 0) is 44.2 Å². The normalized spacial score (nSPS) is 15.4. The quantitative estimate of drug-likeness (QED) is 0.584. The molecule has 0 saturated carbocycles. The highest BCUT2D eigenvalue weighted by atomic mass is 16.5. The van der Waals surface area contributed by atoms with Crippen LogP contribution < -0.4 is 4.74 Å². The monoisotopic (exact) mass is 359 g/mol. The van der Waals surface area contributed by atoms with Crippen LogP contribution in [0.3, 0.4) is 0 Å². The standard InChI is InChI=1S/C22H21N3O.CH4/c1-15-10-11-23-22(15)18-6-4-8-20(13-18)26-21-9-5-7-19(14-21)25-17(3)12-16(2)24-25;/h4-15H,1-3H3;1H4. The summed E-state index contributed by atoms with van der Waals surface area (Å²) in [6.45, 7) is 6.19. The second kappa shape index (κ2) is 7.62. The molecule has 0 amide bonds. The van der Waals surface area contributed by atoms with Crippen molar-refractivity contribution in [3.63, 3.8) is 0 Å². The molecular weight excluding hydrogens is 334 g/mol. The van der Waals surface area contributed by atoms with Crippen molar-refractivity contribution in [3.8, 4) is 17.2 Å². The molecular formula is C23H25N3O. The number of hydrogen-bond donors (Lipinski definition) is 0. The number of rotatable bonds is 4. The number of allylic oxidation sites excluding steroid dienone is 1. The summed E-state index contributed by atoms with van der Waals surface area (Å²) < 4.78 is 8.04. The van der Waals surface area contributed by atoms with Gasteiger partial charge in [-0.3, -0.25) is 4.99 Å². The molecule has 1 aliphatic heterocycles. The smallest absolute Gasteiger partial charge is 0.129 e. The van der Waals surface area contributed by atoms with E-state index in [-0.39, 0.29) is 7.43 Å². The van der Waals surface area contributed by atoms with E-state index in [2.05, 4.69) is 42.1 Å². The summed E-state index contributed by atoms with van der Waals surface area (Å²) in [5.41, 5.74) is 5.26. The summed E-state index contributed by atoms with van der Waals surface area (Å²) in [6.07, 6.45) is 3.96. The molecule has 1 atom stereocenters. The van der Waals surface area contributed by atoms with Crippen LogP contribution in [-0.4, -0.2) is 15.5 Å². The van der Waals surface area contributed by atoms with Crippen LogP contribution in [0.15, 0.2) is 71.9 Å². The van der Waals surface area contributed by atoms with Gasteiger partial charge < -0.3 is 4.74 Å². The number of aryl methyl sites for hydroxylation is 2. The third-order valence-corrected chi connectivity index (χ3v) is 4.46. The van der Waals surface area contributed by atoms with E-state index in [9.17, 15) is 0 Å². The van der Waals surface area contributed by atoms with Crippen molar-refractivity contribution < 1.29 is 4.74 Å². The molecule has 3 aromatic rings. The Morgan fingerprint density at radius 2 is 1.70 bits per heavy atom. The summed E-state index contributed by atoms with van der Waals surface area (Å²) in [5.74, 6) is 1.92. The number of aromatic nitrogens is 2. The topological polar surface area (TPSA) is 39.4 Å². The highest BCUT2D eigenvalue weighted by Crippen LogP contribution is 2.26. The molecule has 4 rings (SSSR count). The minimum atomic E-state index is 0. The molecule has 0 saturated heterocycles. The number of aliphatic imine (C=N–C) groups is 1. The lowest BCUT2D eigenvalue weighted by Gasteiger charge is -2.11. The Morgan fingerprint density at radius 3 is 2.37 bits per heavy atom. The molecule has 4 heteroatoms. The van der Waals surface area contributed by atoms with E-state index in [4.69, 9.17) is 4.74 Å². The lowest BCUT2D eigenvalue weighted by molar-refractivity contribution is 0.482. The second-order valence-electron chi connectivity index (χ2n) is 6.61. The van der Waals surface area contributed by atoms with Crippen LogP contribution >= 0.6 is 0 Å². The first-order valence-electron chi connectivity index (χ1n) is 8.76. The van der Waals surface area contributed by atoms with Gasteiger partial charge in [-0.15, -0.1) is 0 Å². The zero-order valence-electron chi connectivity index (χ0n) is 15.2. The molecule has 0 radical (unpaired) electrons. The number of hydrogen-bond acceptors (Lipinski definition) is 3. The fraction of sp³-hybridized carbons (Fsp3) is 0.217. The fourth-order valence-corrected chi connectivity index (χ4v) is 3.22. The minimum absolute atomic E-state index is 0. The van der Waals surface area contributed by atoms with Crippen molar-refractivity contribution in [1.29, 1.82) is 0 Å². The van der Waals surface area contributed by atoms with Crippen molar-refractivity contribution in [2.24, 2.45) is 10.9 Å². The van der Waals surface area contributed by atoms with Crippen LogP contribution in [0, 0.1) is 19.8 Å². The second-order valence-corrected chi connectivity index (χ2v) is 6.61. The van der Waals surface area contributed by atoms with Crippen LogP contribution in [0.2, 0.25) is 0 Å². The molecule has 0 bridgehead atoms. The molecule has 0 aliphatic carbocycles. The van der Waals surface area contributed by atoms with E-state index >= 15 is 0 Å². The maximum Gasteiger partial charge on any atom is 0.129 e. The van der Waals surface area contributed by atoms with Gasteiger partial charge in [0.25, 0.3) is 0 Å². The molecule has 4 nitrogen and oxygen atoms in total. The van der Waals surface area contributed by atoms with E-state index < -0.39 is 0 Å². The summed E-state index contributed by atoms with van der Waals surface area (Å²) in [5, 5.41) is 4.54. The first-order valence-corrected chi connectivity index (χ1v) is 8.76. The van der Waals surface area contributed by atoms with Crippen LogP contribution in [0.25, 0.3) is 5.69 Å². The molecule has 0 spiro atoms. The van der Waals surface area contributed by atoms with E-state index in [1.807, 2.05) is 60.3 Å². The Kier molecular flexibility index (Phi) is 5.26. The Morgan fingerprint density at radius 1 is 0.963 bits per heavy atom. The van der Waals surface area contributed by atoms with Gasteiger partial charge in [0.15, 0.2) is 0 Å².